The number of ether oxygens (including phenoxy) is 1. The predicted molar refractivity (Wildman–Crippen MR) is 48.8 cm³/mol. The molecule has 2 N–H and O–H groups in total. The van der Waals surface area contributed by atoms with Crippen molar-refractivity contribution in [2.75, 3.05) is 6.61 Å². The molecule has 68 valence electrons. The van der Waals surface area contributed by atoms with Gasteiger partial charge in [0.25, 0.3) is 0 Å². The van der Waals surface area contributed by atoms with E-state index in [9.17, 15) is 4.79 Å². The highest BCUT2D eigenvalue weighted by Crippen LogP contribution is 2.27. The average molecular weight is 177 g/mol. The number of hydrogen-bond donors (Lipinski definition) is 1. The quantitative estimate of drug-likeness (QED) is 0.698. The van der Waals surface area contributed by atoms with Crippen molar-refractivity contribution >= 4 is 5.91 Å². The summed E-state index contributed by atoms with van der Waals surface area (Å²) in [5.74, 6) is 0.435. The standard InChI is InChI=1S/C10H11NO2/c11-10(12)8-3-1-5-9-7(8)4-2-6-13-9/h1,3,5H,2,4,6H2,(H2,11,12). The molecule has 0 aliphatic carbocycles. The van der Waals surface area contributed by atoms with Crippen LogP contribution in [-0.4, -0.2) is 12.5 Å². The first-order valence-corrected chi connectivity index (χ1v) is 4.33. The Kier molecular flexibility index (Phi) is 1.93. The highest BCUT2D eigenvalue weighted by atomic mass is 16.5. The summed E-state index contributed by atoms with van der Waals surface area (Å²) in [6, 6.07) is 5.42. The Morgan fingerprint density at radius 2 is 2.31 bits per heavy atom. The van der Waals surface area contributed by atoms with Gasteiger partial charge in [-0.25, -0.2) is 0 Å². The van der Waals surface area contributed by atoms with Gasteiger partial charge in [0, 0.05) is 11.1 Å². The summed E-state index contributed by atoms with van der Waals surface area (Å²) in [4.78, 5) is 11.0. The van der Waals surface area contributed by atoms with E-state index in [1.165, 1.54) is 0 Å². The number of carbonyl (C=O) groups is 1. The lowest BCUT2D eigenvalue weighted by atomic mass is 10.00. The van der Waals surface area contributed by atoms with Crippen molar-refractivity contribution in [2.45, 2.75) is 12.8 Å². The van der Waals surface area contributed by atoms with Gasteiger partial charge in [-0.3, -0.25) is 4.79 Å². The predicted octanol–water partition coefficient (Wildman–Crippen LogP) is 1.11. The third kappa shape index (κ3) is 1.37. The summed E-state index contributed by atoms with van der Waals surface area (Å²) in [6.07, 6.45) is 1.84. The number of primary amides is 1. The van der Waals surface area contributed by atoms with Crippen LogP contribution in [0.5, 0.6) is 5.75 Å². The highest BCUT2D eigenvalue weighted by molar-refractivity contribution is 5.95. The normalized spacial score (nSPS) is 14.5. The largest absolute Gasteiger partial charge is 0.493 e. The lowest BCUT2D eigenvalue weighted by Gasteiger charge is -2.18. The van der Waals surface area contributed by atoms with E-state index in [2.05, 4.69) is 0 Å². The molecule has 1 aliphatic rings. The number of rotatable bonds is 1. The Balaban J connectivity index is 2.52. The maximum atomic E-state index is 11.0. The van der Waals surface area contributed by atoms with Crippen LogP contribution in [0, 0.1) is 0 Å². The Morgan fingerprint density at radius 3 is 3.08 bits per heavy atom. The zero-order valence-corrected chi connectivity index (χ0v) is 7.25. The number of nitrogens with two attached hydrogens (primary N) is 1. The van der Waals surface area contributed by atoms with Gasteiger partial charge in [0.05, 0.1) is 6.61 Å². The molecule has 0 radical (unpaired) electrons. The fourth-order valence-corrected chi connectivity index (χ4v) is 1.62. The number of benzene rings is 1. The maximum absolute atomic E-state index is 11.0. The molecule has 1 heterocycles. The minimum Gasteiger partial charge on any atom is -0.493 e. The van der Waals surface area contributed by atoms with E-state index < -0.39 is 0 Å². The van der Waals surface area contributed by atoms with Gasteiger partial charge in [0.2, 0.25) is 5.91 Å². The molecule has 3 nitrogen and oxygen atoms in total. The summed E-state index contributed by atoms with van der Waals surface area (Å²) < 4.78 is 5.41. The third-order valence-corrected chi connectivity index (χ3v) is 2.23. The zero-order valence-electron chi connectivity index (χ0n) is 7.25. The van der Waals surface area contributed by atoms with E-state index in [0.29, 0.717) is 5.56 Å². The fraction of sp³-hybridized carbons (Fsp3) is 0.300. The summed E-state index contributed by atoms with van der Waals surface area (Å²) in [5.41, 5.74) is 6.80. The lowest BCUT2D eigenvalue weighted by molar-refractivity contribution is 0.0998. The van der Waals surface area contributed by atoms with E-state index in [0.717, 1.165) is 30.8 Å². The molecule has 1 amide bonds. The molecule has 0 aromatic heterocycles. The van der Waals surface area contributed by atoms with Crippen LogP contribution in [0.3, 0.4) is 0 Å². The molecule has 0 spiro atoms. The van der Waals surface area contributed by atoms with Crippen molar-refractivity contribution in [1.29, 1.82) is 0 Å². The second-order valence-corrected chi connectivity index (χ2v) is 3.10. The van der Waals surface area contributed by atoms with Crippen molar-refractivity contribution in [1.82, 2.24) is 0 Å². The van der Waals surface area contributed by atoms with Crippen LogP contribution in [0.25, 0.3) is 0 Å². The minimum absolute atomic E-state index is 0.373. The molecule has 0 saturated carbocycles. The molecular weight excluding hydrogens is 166 g/mol. The van der Waals surface area contributed by atoms with Crippen LogP contribution in [0.4, 0.5) is 0 Å². The van der Waals surface area contributed by atoms with Gasteiger partial charge in [0.15, 0.2) is 0 Å². The molecule has 1 aromatic rings. The zero-order chi connectivity index (χ0) is 9.26. The van der Waals surface area contributed by atoms with Gasteiger partial charge < -0.3 is 10.5 Å². The van der Waals surface area contributed by atoms with Crippen molar-refractivity contribution in [3.63, 3.8) is 0 Å². The average Bonchev–Trinajstić information content (AvgIpc) is 2.17. The van der Waals surface area contributed by atoms with Crippen LogP contribution >= 0.6 is 0 Å². The molecule has 2 rings (SSSR count). The Labute approximate surface area is 76.5 Å². The Morgan fingerprint density at radius 1 is 1.46 bits per heavy atom. The Hall–Kier alpha value is -1.51. The smallest absolute Gasteiger partial charge is 0.249 e. The highest BCUT2D eigenvalue weighted by Gasteiger charge is 2.16. The molecule has 0 atom stereocenters. The summed E-state index contributed by atoms with van der Waals surface area (Å²) in [7, 11) is 0. The van der Waals surface area contributed by atoms with Gasteiger partial charge in [0.1, 0.15) is 5.75 Å². The molecule has 0 fully saturated rings. The summed E-state index contributed by atoms with van der Waals surface area (Å²) in [5, 5.41) is 0. The van der Waals surface area contributed by atoms with Crippen LogP contribution in [-0.2, 0) is 6.42 Å². The molecule has 3 heteroatoms. The van der Waals surface area contributed by atoms with Gasteiger partial charge in [-0.15, -0.1) is 0 Å². The molecule has 1 aromatic carbocycles. The van der Waals surface area contributed by atoms with E-state index in [1.54, 1.807) is 12.1 Å². The lowest BCUT2D eigenvalue weighted by Crippen LogP contribution is -2.17. The third-order valence-electron chi connectivity index (χ3n) is 2.23. The Bertz CT molecular complexity index is 347. The first kappa shape index (κ1) is 8.10. The first-order valence-electron chi connectivity index (χ1n) is 4.33. The number of hydrogen-bond acceptors (Lipinski definition) is 2. The molecule has 0 unspecified atom stereocenters. The second-order valence-electron chi connectivity index (χ2n) is 3.10. The van der Waals surface area contributed by atoms with Crippen molar-refractivity contribution in [2.24, 2.45) is 5.73 Å². The molecular formula is C10H11NO2. The van der Waals surface area contributed by atoms with Gasteiger partial charge in [-0.2, -0.15) is 0 Å². The SMILES string of the molecule is NC(=O)c1cccc2c1CCCO2. The molecule has 1 aliphatic heterocycles. The van der Waals surface area contributed by atoms with E-state index in [4.69, 9.17) is 10.5 Å². The van der Waals surface area contributed by atoms with Crippen LogP contribution in [0.15, 0.2) is 18.2 Å². The van der Waals surface area contributed by atoms with Crippen molar-refractivity contribution in [3.05, 3.63) is 29.3 Å². The number of fused-ring (bicyclic) bond motifs is 1. The maximum Gasteiger partial charge on any atom is 0.249 e. The van der Waals surface area contributed by atoms with Gasteiger partial charge in [-0.1, -0.05) is 6.07 Å². The monoisotopic (exact) mass is 177 g/mol. The van der Waals surface area contributed by atoms with Crippen LogP contribution in [0.2, 0.25) is 0 Å². The summed E-state index contributed by atoms with van der Waals surface area (Å²) in [6.45, 7) is 0.731. The van der Waals surface area contributed by atoms with Gasteiger partial charge in [-0.05, 0) is 25.0 Å². The van der Waals surface area contributed by atoms with Crippen molar-refractivity contribution < 1.29 is 9.53 Å². The molecule has 0 bridgehead atoms. The van der Waals surface area contributed by atoms with Crippen LogP contribution in [0.1, 0.15) is 22.3 Å². The van der Waals surface area contributed by atoms with Gasteiger partial charge >= 0.3 is 0 Å². The van der Waals surface area contributed by atoms with E-state index in [1.807, 2.05) is 6.07 Å². The van der Waals surface area contributed by atoms with Crippen LogP contribution < -0.4 is 10.5 Å². The van der Waals surface area contributed by atoms with E-state index >= 15 is 0 Å². The fourth-order valence-electron chi connectivity index (χ4n) is 1.62. The number of amides is 1. The summed E-state index contributed by atoms with van der Waals surface area (Å²) >= 11 is 0. The van der Waals surface area contributed by atoms with E-state index in [-0.39, 0.29) is 5.91 Å². The number of carbonyl (C=O) groups excluding carboxylic acids is 1. The van der Waals surface area contributed by atoms with Crippen molar-refractivity contribution in [3.8, 4) is 5.75 Å². The second kappa shape index (κ2) is 3.09. The first-order chi connectivity index (χ1) is 6.29. The molecule has 0 saturated heterocycles. The minimum atomic E-state index is -0.373. The molecule has 13 heavy (non-hydrogen) atoms. The topological polar surface area (TPSA) is 52.3 Å².